The maximum Gasteiger partial charge on any atom is 0.310 e. The van der Waals surface area contributed by atoms with Gasteiger partial charge in [-0.15, -0.1) is 0 Å². The average Bonchev–Trinajstić information content (AvgIpc) is 2.30. The number of pyridine rings is 1. The number of halogens is 3. The minimum atomic E-state index is -2.81. The molecule has 1 heterocycles. The number of rotatable bonds is 4. The van der Waals surface area contributed by atoms with Crippen LogP contribution in [0, 0.1) is 0 Å². The van der Waals surface area contributed by atoms with Gasteiger partial charge in [0.05, 0.1) is 31.9 Å². The first-order valence-corrected chi connectivity index (χ1v) is 4.95. The zero-order chi connectivity index (χ0) is 13.0. The lowest BCUT2D eigenvalue weighted by molar-refractivity contribution is -0.139. The third-order valence-corrected chi connectivity index (χ3v) is 2.51. The zero-order valence-electron chi connectivity index (χ0n) is 9.17. The van der Waals surface area contributed by atoms with E-state index in [0.717, 1.165) is 6.20 Å². The second-order valence-electron chi connectivity index (χ2n) is 3.06. The van der Waals surface area contributed by atoms with Crippen molar-refractivity contribution in [1.82, 2.24) is 4.98 Å². The summed E-state index contributed by atoms with van der Waals surface area (Å²) in [5.74, 6) is -0.429. The lowest BCUT2D eigenvalue weighted by Gasteiger charge is -2.11. The Morgan fingerprint density at radius 2 is 2.18 bits per heavy atom. The Kier molecular flexibility index (Phi) is 4.62. The molecule has 1 rings (SSSR count). The molecule has 94 valence electrons. The van der Waals surface area contributed by atoms with Crippen LogP contribution in [-0.4, -0.2) is 25.2 Å². The van der Waals surface area contributed by atoms with Crippen molar-refractivity contribution in [3.05, 3.63) is 22.5 Å². The lowest BCUT2D eigenvalue weighted by Crippen LogP contribution is -2.08. The smallest absolute Gasteiger partial charge is 0.310 e. The zero-order valence-corrected chi connectivity index (χ0v) is 9.92. The molecule has 0 fully saturated rings. The first-order valence-electron chi connectivity index (χ1n) is 4.57. The van der Waals surface area contributed by atoms with Gasteiger partial charge in [0.15, 0.2) is 0 Å². The van der Waals surface area contributed by atoms with Gasteiger partial charge in [0.2, 0.25) is 0 Å². The Morgan fingerprint density at radius 3 is 2.65 bits per heavy atom. The molecule has 0 saturated carbocycles. The minimum Gasteiger partial charge on any atom is -0.495 e. The molecule has 0 spiro atoms. The SMILES string of the molecule is COC(=O)Cc1c(OC)cnc(C(F)F)c1Cl. The number of nitrogens with zero attached hydrogens (tertiary/aromatic N) is 1. The summed E-state index contributed by atoms with van der Waals surface area (Å²) in [6.45, 7) is 0. The van der Waals surface area contributed by atoms with Crippen LogP contribution < -0.4 is 4.74 Å². The fourth-order valence-electron chi connectivity index (χ4n) is 1.23. The van der Waals surface area contributed by atoms with E-state index >= 15 is 0 Å². The Labute approximate surface area is 101 Å². The van der Waals surface area contributed by atoms with E-state index in [0.29, 0.717) is 0 Å². The normalized spacial score (nSPS) is 10.5. The topological polar surface area (TPSA) is 48.4 Å². The predicted molar refractivity (Wildman–Crippen MR) is 56.5 cm³/mol. The van der Waals surface area contributed by atoms with Gasteiger partial charge in [0.1, 0.15) is 11.4 Å². The number of carbonyl (C=O) groups is 1. The predicted octanol–water partition coefficient (Wildman–Crippen LogP) is 2.40. The summed E-state index contributed by atoms with van der Waals surface area (Å²) in [6, 6.07) is 0. The molecule has 0 aromatic carbocycles. The summed E-state index contributed by atoms with van der Waals surface area (Å²) < 4.78 is 34.5. The largest absolute Gasteiger partial charge is 0.495 e. The van der Waals surface area contributed by atoms with Gasteiger partial charge in [-0.25, -0.2) is 13.8 Å². The van der Waals surface area contributed by atoms with Crippen molar-refractivity contribution in [2.45, 2.75) is 12.8 Å². The fourth-order valence-corrected chi connectivity index (χ4v) is 1.53. The third-order valence-electron chi connectivity index (χ3n) is 2.08. The van der Waals surface area contributed by atoms with Gasteiger partial charge < -0.3 is 9.47 Å². The summed E-state index contributed by atoms with van der Waals surface area (Å²) in [4.78, 5) is 14.6. The molecular formula is C10H10ClF2NO3. The van der Waals surface area contributed by atoms with E-state index in [1.54, 1.807) is 0 Å². The quantitative estimate of drug-likeness (QED) is 0.785. The Bertz CT molecular complexity index is 426. The Balaban J connectivity index is 3.22. The molecule has 0 unspecified atom stereocenters. The summed E-state index contributed by atoms with van der Waals surface area (Å²) in [6.07, 6.45) is -1.96. The van der Waals surface area contributed by atoms with Crippen molar-refractivity contribution in [1.29, 1.82) is 0 Å². The number of alkyl halides is 2. The van der Waals surface area contributed by atoms with Crippen LogP contribution in [0.15, 0.2) is 6.20 Å². The van der Waals surface area contributed by atoms with Gasteiger partial charge in [-0.05, 0) is 0 Å². The number of hydrogen-bond donors (Lipinski definition) is 0. The molecule has 1 aromatic rings. The van der Waals surface area contributed by atoms with Gasteiger partial charge in [-0.2, -0.15) is 0 Å². The molecule has 0 N–H and O–H groups in total. The van der Waals surface area contributed by atoms with E-state index in [9.17, 15) is 13.6 Å². The van der Waals surface area contributed by atoms with Crippen LogP contribution in [-0.2, 0) is 16.0 Å². The van der Waals surface area contributed by atoms with Crippen molar-refractivity contribution in [2.24, 2.45) is 0 Å². The van der Waals surface area contributed by atoms with E-state index in [1.165, 1.54) is 14.2 Å². The van der Waals surface area contributed by atoms with Crippen LogP contribution in [0.3, 0.4) is 0 Å². The van der Waals surface area contributed by atoms with Crippen LogP contribution in [0.5, 0.6) is 5.75 Å². The maximum absolute atomic E-state index is 12.6. The van der Waals surface area contributed by atoms with Gasteiger partial charge in [-0.3, -0.25) is 4.79 Å². The van der Waals surface area contributed by atoms with Crippen molar-refractivity contribution in [3.63, 3.8) is 0 Å². The number of ether oxygens (including phenoxy) is 2. The van der Waals surface area contributed by atoms with Gasteiger partial charge in [0.25, 0.3) is 6.43 Å². The third kappa shape index (κ3) is 3.03. The van der Waals surface area contributed by atoms with Crippen molar-refractivity contribution < 1.29 is 23.0 Å². The fraction of sp³-hybridized carbons (Fsp3) is 0.400. The molecular weight excluding hydrogens is 256 g/mol. The van der Waals surface area contributed by atoms with Crippen LogP contribution in [0.2, 0.25) is 5.02 Å². The second-order valence-corrected chi connectivity index (χ2v) is 3.44. The molecule has 1 aromatic heterocycles. The number of carbonyl (C=O) groups excluding carboxylic acids is 1. The van der Waals surface area contributed by atoms with E-state index in [4.69, 9.17) is 16.3 Å². The highest BCUT2D eigenvalue weighted by molar-refractivity contribution is 6.32. The van der Waals surface area contributed by atoms with Crippen LogP contribution in [0.25, 0.3) is 0 Å². The molecule has 4 nitrogen and oxygen atoms in total. The highest BCUT2D eigenvalue weighted by atomic mass is 35.5. The molecule has 0 aliphatic carbocycles. The molecule has 0 bridgehead atoms. The average molecular weight is 266 g/mol. The van der Waals surface area contributed by atoms with Gasteiger partial charge in [0, 0.05) is 5.56 Å². The van der Waals surface area contributed by atoms with Crippen LogP contribution in [0.4, 0.5) is 8.78 Å². The van der Waals surface area contributed by atoms with Crippen molar-refractivity contribution in [2.75, 3.05) is 14.2 Å². The highest BCUT2D eigenvalue weighted by Gasteiger charge is 2.21. The maximum atomic E-state index is 12.6. The summed E-state index contributed by atoms with van der Waals surface area (Å²) in [7, 11) is 2.52. The van der Waals surface area contributed by atoms with E-state index < -0.39 is 18.1 Å². The van der Waals surface area contributed by atoms with Crippen molar-refractivity contribution in [3.8, 4) is 5.75 Å². The second kappa shape index (κ2) is 5.77. The van der Waals surface area contributed by atoms with Gasteiger partial charge >= 0.3 is 5.97 Å². The first kappa shape index (κ1) is 13.6. The number of methoxy groups -OCH3 is 2. The molecule has 17 heavy (non-hydrogen) atoms. The van der Waals surface area contributed by atoms with E-state index in [2.05, 4.69) is 9.72 Å². The molecule has 0 aliphatic heterocycles. The first-order chi connectivity index (χ1) is 8.01. The Morgan fingerprint density at radius 1 is 1.53 bits per heavy atom. The van der Waals surface area contributed by atoms with Gasteiger partial charge in [-0.1, -0.05) is 11.6 Å². The monoisotopic (exact) mass is 265 g/mol. The lowest BCUT2D eigenvalue weighted by atomic mass is 10.1. The molecule has 0 radical (unpaired) electrons. The van der Waals surface area contributed by atoms with E-state index in [-0.39, 0.29) is 22.8 Å². The van der Waals surface area contributed by atoms with Crippen molar-refractivity contribution >= 4 is 17.6 Å². The highest BCUT2D eigenvalue weighted by Crippen LogP contribution is 2.33. The standard InChI is InChI=1S/C10H10ClF2NO3/c1-16-6-4-14-9(10(12)13)8(11)5(6)3-7(15)17-2/h4,10H,3H2,1-2H3. The molecule has 7 heteroatoms. The summed E-state index contributed by atoms with van der Waals surface area (Å²) in [5, 5.41) is -0.273. The molecule has 0 saturated heterocycles. The number of hydrogen-bond acceptors (Lipinski definition) is 4. The number of esters is 1. The number of aromatic nitrogens is 1. The van der Waals surface area contributed by atoms with Crippen LogP contribution >= 0.6 is 11.6 Å². The van der Waals surface area contributed by atoms with E-state index in [1.807, 2.05) is 0 Å². The molecule has 0 aliphatic rings. The Hall–Kier alpha value is -1.43. The summed E-state index contributed by atoms with van der Waals surface area (Å²) in [5.41, 5.74) is -0.433. The van der Waals surface area contributed by atoms with Crippen LogP contribution in [0.1, 0.15) is 17.7 Å². The minimum absolute atomic E-state index is 0.145. The summed E-state index contributed by atoms with van der Waals surface area (Å²) >= 11 is 5.76. The molecule has 0 atom stereocenters. The molecule has 0 amide bonds.